The number of halogens is 1. The first-order valence-electron chi connectivity index (χ1n) is 7.35. The number of methoxy groups -OCH3 is 1. The number of urea groups is 1. The molecule has 0 fully saturated rings. The topological polar surface area (TPSA) is 68.2 Å². The summed E-state index contributed by atoms with van der Waals surface area (Å²) in [5, 5.41) is 5.63. The lowest BCUT2D eigenvalue weighted by atomic mass is 10.1. The van der Waals surface area contributed by atoms with E-state index in [4.69, 9.17) is 4.74 Å². The molecule has 2 amide bonds. The highest BCUT2D eigenvalue weighted by Gasteiger charge is 2.14. The van der Waals surface area contributed by atoms with Crippen LogP contribution >= 0.6 is 0 Å². The summed E-state index contributed by atoms with van der Waals surface area (Å²) in [6.45, 7) is 4.32. The van der Waals surface area contributed by atoms with Crippen LogP contribution in [0.25, 0.3) is 0 Å². The SMILES string of the molecule is COc1ccc(C(C)NC(=O)NC(C)Cn2ccnc2)cc1F. The first kappa shape index (κ1) is 16.8. The number of carbonyl (C=O) groups excluding carboxylic acids is 1. The molecule has 2 aromatic rings. The van der Waals surface area contributed by atoms with Gasteiger partial charge in [-0.3, -0.25) is 0 Å². The Morgan fingerprint density at radius 2 is 2.17 bits per heavy atom. The molecule has 2 atom stereocenters. The Morgan fingerprint density at radius 1 is 1.39 bits per heavy atom. The highest BCUT2D eigenvalue weighted by atomic mass is 19.1. The summed E-state index contributed by atoms with van der Waals surface area (Å²) in [5.41, 5.74) is 0.667. The van der Waals surface area contributed by atoms with Crippen molar-refractivity contribution in [2.75, 3.05) is 7.11 Å². The molecule has 0 radical (unpaired) electrons. The van der Waals surface area contributed by atoms with E-state index < -0.39 is 5.82 Å². The third kappa shape index (κ3) is 4.70. The molecule has 2 unspecified atom stereocenters. The van der Waals surface area contributed by atoms with Crippen LogP contribution in [-0.4, -0.2) is 28.7 Å². The van der Waals surface area contributed by atoms with Crippen molar-refractivity contribution in [1.29, 1.82) is 0 Å². The van der Waals surface area contributed by atoms with Gasteiger partial charge >= 0.3 is 6.03 Å². The van der Waals surface area contributed by atoms with E-state index in [2.05, 4.69) is 15.6 Å². The molecule has 1 aromatic carbocycles. The fourth-order valence-corrected chi connectivity index (χ4v) is 2.25. The first-order valence-corrected chi connectivity index (χ1v) is 7.35. The van der Waals surface area contributed by atoms with Crippen molar-refractivity contribution in [3.8, 4) is 5.75 Å². The van der Waals surface area contributed by atoms with Crippen LogP contribution < -0.4 is 15.4 Å². The van der Waals surface area contributed by atoms with E-state index in [0.29, 0.717) is 12.1 Å². The fourth-order valence-electron chi connectivity index (χ4n) is 2.25. The molecule has 0 bridgehead atoms. The predicted octanol–water partition coefficient (Wildman–Crippen LogP) is 2.48. The van der Waals surface area contributed by atoms with E-state index in [1.54, 1.807) is 31.6 Å². The van der Waals surface area contributed by atoms with Gasteiger partial charge in [-0.2, -0.15) is 0 Å². The maximum atomic E-state index is 13.7. The Morgan fingerprint density at radius 3 is 2.78 bits per heavy atom. The Hall–Kier alpha value is -2.57. The smallest absolute Gasteiger partial charge is 0.315 e. The lowest BCUT2D eigenvalue weighted by molar-refractivity contribution is 0.233. The maximum absolute atomic E-state index is 13.7. The monoisotopic (exact) mass is 320 g/mol. The minimum Gasteiger partial charge on any atom is -0.494 e. The maximum Gasteiger partial charge on any atom is 0.315 e. The van der Waals surface area contributed by atoms with Crippen LogP contribution in [0.5, 0.6) is 5.75 Å². The van der Waals surface area contributed by atoms with Crippen molar-refractivity contribution in [1.82, 2.24) is 20.2 Å². The number of hydrogen-bond acceptors (Lipinski definition) is 3. The molecule has 23 heavy (non-hydrogen) atoms. The van der Waals surface area contributed by atoms with Crippen LogP contribution in [0.4, 0.5) is 9.18 Å². The minimum atomic E-state index is -0.451. The summed E-state index contributed by atoms with van der Waals surface area (Å²) < 4.78 is 20.5. The molecule has 0 saturated carbocycles. The average Bonchev–Trinajstić information content (AvgIpc) is 2.99. The van der Waals surface area contributed by atoms with Crippen LogP contribution in [0.3, 0.4) is 0 Å². The van der Waals surface area contributed by atoms with Crippen LogP contribution in [0, 0.1) is 5.82 Å². The number of imidazole rings is 1. The quantitative estimate of drug-likeness (QED) is 0.859. The molecule has 0 aliphatic heterocycles. The van der Waals surface area contributed by atoms with Gasteiger partial charge in [-0.1, -0.05) is 6.07 Å². The van der Waals surface area contributed by atoms with Crippen LogP contribution in [0.2, 0.25) is 0 Å². The van der Waals surface area contributed by atoms with Gasteiger partial charge in [0.25, 0.3) is 0 Å². The highest BCUT2D eigenvalue weighted by molar-refractivity contribution is 5.74. The third-order valence-electron chi connectivity index (χ3n) is 3.44. The second-order valence-corrected chi connectivity index (χ2v) is 5.39. The largest absolute Gasteiger partial charge is 0.494 e. The van der Waals surface area contributed by atoms with E-state index in [1.807, 2.05) is 17.7 Å². The summed E-state index contributed by atoms with van der Waals surface area (Å²) >= 11 is 0. The molecule has 0 saturated heterocycles. The molecule has 2 N–H and O–H groups in total. The first-order chi connectivity index (χ1) is 11.0. The van der Waals surface area contributed by atoms with Crippen molar-refractivity contribution in [3.63, 3.8) is 0 Å². The summed E-state index contributed by atoms with van der Waals surface area (Å²) in [4.78, 5) is 16.0. The van der Waals surface area contributed by atoms with Crippen molar-refractivity contribution in [2.45, 2.75) is 32.5 Å². The van der Waals surface area contributed by atoms with Crippen molar-refractivity contribution in [2.24, 2.45) is 0 Å². The van der Waals surface area contributed by atoms with Crippen LogP contribution in [0.1, 0.15) is 25.5 Å². The molecule has 1 aromatic heterocycles. The zero-order valence-electron chi connectivity index (χ0n) is 13.4. The molecular formula is C16H21FN4O2. The number of nitrogens with zero attached hydrogens (tertiary/aromatic N) is 2. The second-order valence-electron chi connectivity index (χ2n) is 5.39. The predicted molar refractivity (Wildman–Crippen MR) is 84.7 cm³/mol. The Bertz CT molecular complexity index is 646. The van der Waals surface area contributed by atoms with Gasteiger partial charge in [-0.15, -0.1) is 0 Å². The summed E-state index contributed by atoms with van der Waals surface area (Å²) in [6, 6.07) is 3.93. The van der Waals surface area contributed by atoms with E-state index >= 15 is 0 Å². The second kappa shape index (κ2) is 7.62. The summed E-state index contributed by atoms with van der Waals surface area (Å²) in [6.07, 6.45) is 5.21. The number of ether oxygens (including phenoxy) is 1. The zero-order valence-corrected chi connectivity index (χ0v) is 13.4. The number of aromatic nitrogens is 2. The van der Waals surface area contributed by atoms with Crippen molar-refractivity contribution in [3.05, 3.63) is 48.3 Å². The zero-order chi connectivity index (χ0) is 16.8. The third-order valence-corrected chi connectivity index (χ3v) is 3.44. The number of rotatable bonds is 6. The van der Waals surface area contributed by atoms with Gasteiger partial charge in [-0.25, -0.2) is 14.2 Å². The number of hydrogen-bond donors (Lipinski definition) is 2. The van der Waals surface area contributed by atoms with Gasteiger partial charge in [0.2, 0.25) is 0 Å². The number of benzene rings is 1. The van der Waals surface area contributed by atoms with Gasteiger partial charge in [0.05, 0.1) is 19.5 Å². The molecule has 0 aliphatic rings. The number of carbonyl (C=O) groups is 1. The lowest BCUT2D eigenvalue weighted by Gasteiger charge is -2.19. The van der Waals surface area contributed by atoms with Gasteiger partial charge in [0.15, 0.2) is 11.6 Å². The molecular weight excluding hydrogens is 299 g/mol. The number of amides is 2. The van der Waals surface area contributed by atoms with Crippen molar-refractivity contribution >= 4 is 6.03 Å². The van der Waals surface area contributed by atoms with Gasteiger partial charge in [0.1, 0.15) is 0 Å². The molecule has 124 valence electrons. The standard InChI is InChI=1S/C16H21FN4O2/c1-11(9-21-7-6-18-10-21)19-16(22)20-12(2)13-4-5-15(23-3)14(17)8-13/h4-8,10-12H,9H2,1-3H3,(H2,19,20,22). The van der Waals surface area contributed by atoms with Gasteiger partial charge in [0, 0.05) is 25.0 Å². The normalized spacial score (nSPS) is 13.2. The molecule has 0 spiro atoms. The Labute approximate surface area is 134 Å². The van der Waals surface area contributed by atoms with Crippen LogP contribution in [0.15, 0.2) is 36.9 Å². The molecule has 7 heteroatoms. The molecule has 0 aliphatic carbocycles. The summed E-state index contributed by atoms with van der Waals surface area (Å²) in [5.74, 6) is -0.271. The number of nitrogens with one attached hydrogen (secondary N) is 2. The average molecular weight is 320 g/mol. The van der Waals surface area contributed by atoms with E-state index in [1.165, 1.54) is 13.2 Å². The molecule has 2 rings (SSSR count). The highest BCUT2D eigenvalue weighted by Crippen LogP contribution is 2.21. The molecule has 6 nitrogen and oxygen atoms in total. The fraction of sp³-hybridized carbons (Fsp3) is 0.375. The summed E-state index contributed by atoms with van der Waals surface area (Å²) in [7, 11) is 1.41. The lowest BCUT2D eigenvalue weighted by Crippen LogP contribution is -2.43. The van der Waals surface area contributed by atoms with Gasteiger partial charge in [-0.05, 0) is 31.5 Å². The Kier molecular flexibility index (Phi) is 5.56. The van der Waals surface area contributed by atoms with E-state index in [0.717, 1.165) is 0 Å². The van der Waals surface area contributed by atoms with E-state index in [-0.39, 0.29) is 23.9 Å². The van der Waals surface area contributed by atoms with Crippen molar-refractivity contribution < 1.29 is 13.9 Å². The van der Waals surface area contributed by atoms with Crippen LogP contribution in [-0.2, 0) is 6.54 Å². The minimum absolute atomic E-state index is 0.0657. The van der Waals surface area contributed by atoms with Gasteiger partial charge < -0.3 is 19.9 Å². The molecule has 1 heterocycles. The van der Waals surface area contributed by atoms with E-state index in [9.17, 15) is 9.18 Å². The Balaban J connectivity index is 1.87.